The number of sulfone groups is 1. The second-order valence-corrected chi connectivity index (χ2v) is 7.06. The van der Waals surface area contributed by atoms with Crippen molar-refractivity contribution in [1.29, 1.82) is 5.26 Å². The van der Waals surface area contributed by atoms with Crippen molar-refractivity contribution in [3.63, 3.8) is 0 Å². The largest absolute Gasteiger partial charge is 0.396 e. The number of nitrogens with one attached hydrogen (secondary N) is 1. The lowest BCUT2D eigenvalue weighted by Gasteiger charge is -2.07. The number of nitrogens with zero attached hydrogens (tertiary/aromatic N) is 1. The number of rotatable bonds is 5. The van der Waals surface area contributed by atoms with Gasteiger partial charge in [-0.05, 0) is 6.92 Å². The molecule has 0 aliphatic rings. The fourth-order valence-corrected chi connectivity index (χ4v) is 3.77. The maximum absolute atomic E-state index is 12.0. The second-order valence-electron chi connectivity index (χ2n) is 3.83. The van der Waals surface area contributed by atoms with Gasteiger partial charge in [-0.1, -0.05) is 19.1 Å². The van der Waals surface area contributed by atoms with E-state index in [4.69, 9.17) is 11.0 Å². The first-order chi connectivity index (χ1) is 8.33. The van der Waals surface area contributed by atoms with Crippen molar-refractivity contribution >= 4 is 31.9 Å². The molecule has 0 unspecified atom stereocenters. The van der Waals surface area contributed by atoms with Crippen LogP contribution < -0.4 is 11.1 Å². The second kappa shape index (κ2) is 5.42. The first kappa shape index (κ1) is 14.5. The molecular formula is C11H15N3O2S2. The van der Waals surface area contributed by atoms with Crippen LogP contribution >= 0.6 is 11.3 Å². The summed E-state index contributed by atoms with van der Waals surface area (Å²) in [7, 11) is -3.45. The number of nitrogens with two attached hydrogens (primary N) is 1. The van der Waals surface area contributed by atoms with Crippen molar-refractivity contribution < 1.29 is 8.42 Å². The Bertz CT molecular complexity index is 609. The number of thiophene rings is 1. The molecule has 0 spiro atoms. The molecule has 3 N–H and O–H groups in total. The van der Waals surface area contributed by atoms with E-state index in [0.29, 0.717) is 11.5 Å². The van der Waals surface area contributed by atoms with E-state index >= 15 is 0 Å². The molecule has 0 amide bonds. The highest BCUT2D eigenvalue weighted by Crippen LogP contribution is 2.39. The Kier molecular flexibility index (Phi) is 4.38. The minimum Gasteiger partial charge on any atom is -0.396 e. The lowest BCUT2D eigenvalue weighted by atomic mass is 10.3. The summed E-state index contributed by atoms with van der Waals surface area (Å²) in [6.07, 6.45) is 0. The monoisotopic (exact) mass is 285 g/mol. The molecule has 0 saturated heterocycles. The molecule has 18 heavy (non-hydrogen) atoms. The van der Waals surface area contributed by atoms with E-state index < -0.39 is 9.84 Å². The van der Waals surface area contributed by atoms with E-state index in [1.165, 1.54) is 0 Å². The van der Waals surface area contributed by atoms with Gasteiger partial charge in [0.2, 0.25) is 0 Å². The number of nitrogen functional groups attached to an aromatic ring is 1. The minimum atomic E-state index is -3.45. The summed E-state index contributed by atoms with van der Waals surface area (Å²) in [6, 6.07) is 1.91. The maximum Gasteiger partial charge on any atom is 0.183 e. The Morgan fingerprint density at radius 3 is 2.67 bits per heavy atom. The maximum atomic E-state index is 12.0. The van der Waals surface area contributed by atoms with Crippen LogP contribution in [0.25, 0.3) is 0 Å². The van der Waals surface area contributed by atoms with Crippen LogP contribution in [0.5, 0.6) is 0 Å². The van der Waals surface area contributed by atoms with Gasteiger partial charge in [-0.3, -0.25) is 0 Å². The fraction of sp³-hybridized carbons (Fsp3) is 0.364. The van der Waals surface area contributed by atoms with Gasteiger partial charge in [0.1, 0.15) is 20.8 Å². The van der Waals surface area contributed by atoms with E-state index in [0.717, 1.165) is 16.9 Å². The zero-order valence-electron chi connectivity index (χ0n) is 10.3. The van der Waals surface area contributed by atoms with Crippen LogP contribution in [0.3, 0.4) is 0 Å². The molecule has 0 atom stereocenters. The van der Waals surface area contributed by atoms with Crippen molar-refractivity contribution in [3.8, 4) is 6.07 Å². The van der Waals surface area contributed by atoms with Crippen molar-refractivity contribution in [2.24, 2.45) is 0 Å². The Balaban J connectivity index is 3.34. The molecule has 0 aromatic carbocycles. The van der Waals surface area contributed by atoms with E-state index in [-0.39, 0.29) is 21.2 Å². The fourth-order valence-electron chi connectivity index (χ4n) is 1.31. The van der Waals surface area contributed by atoms with Gasteiger partial charge in [0.25, 0.3) is 0 Å². The van der Waals surface area contributed by atoms with Crippen LogP contribution in [0.1, 0.15) is 18.7 Å². The average molecular weight is 285 g/mol. The van der Waals surface area contributed by atoms with Crippen molar-refractivity contribution in [2.75, 3.05) is 23.3 Å². The van der Waals surface area contributed by atoms with E-state index in [2.05, 4.69) is 11.9 Å². The zero-order chi connectivity index (χ0) is 13.9. The molecule has 0 aliphatic heterocycles. The van der Waals surface area contributed by atoms with E-state index in [9.17, 15) is 8.42 Å². The van der Waals surface area contributed by atoms with Gasteiger partial charge in [0.15, 0.2) is 9.84 Å². The third-order valence-electron chi connectivity index (χ3n) is 2.24. The number of hydrogen-bond donors (Lipinski definition) is 2. The number of hydrogen-bond acceptors (Lipinski definition) is 6. The molecular weight excluding hydrogens is 270 g/mol. The molecule has 0 bridgehead atoms. The third kappa shape index (κ3) is 2.83. The highest BCUT2D eigenvalue weighted by Gasteiger charge is 2.25. The number of nitriles is 1. The van der Waals surface area contributed by atoms with Crippen LogP contribution in [0.2, 0.25) is 0 Å². The highest BCUT2D eigenvalue weighted by molar-refractivity contribution is 7.91. The summed E-state index contributed by atoms with van der Waals surface area (Å²) in [5.41, 5.74) is 6.63. The summed E-state index contributed by atoms with van der Waals surface area (Å²) >= 11 is 1.05. The topological polar surface area (TPSA) is 96.0 Å². The first-order valence-corrected chi connectivity index (χ1v) is 7.73. The van der Waals surface area contributed by atoms with E-state index in [1.54, 1.807) is 6.92 Å². The molecule has 98 valence electrons. The molecule has 5 nitrogen and oxygen atoms in total. The Labute approximate surface area is 111 Å². The van der Waals surface area contributed by atoms with Crippen LogP contribution in [0.15, 0.2) is 17.0 Å². The van der Waals surface area contributed by atoms with Gasteiger partial charge >= 0.3 is 0 Å². The lowest BCUT2D eigenvalue weighted by Crippen LogP contribution is -2.10. The SMILES string of the molecule is C=C(C)CNc1sc(C#N)c(N)c1S(=O)(=O)CC. The summed E-state index contributed by atoms with van der Waals surface area (Å²) in [6.45, 7) is 7.53. The van der Waals surface area contributed by atoms with Gasteiger partial charge in [0.05, 0.1) is 11.4 Å². The van der Waals surface area contributed by atoms with Gasteiger partial charge in [-0.2, -0.15) is 5.26 Å². The van der Waals surface area contributed by atoms with Crippen LogP contribution in [-0.4, -0.2) is 20.7 Å². The standard InChI is InChI=1S/C11H15N3O2S2/c1-4-18(15,16)10-9(13)8(5-12)17-11(10)14-6-7(2)3/h14H,2,4,6,13H2,1,3H3. The molecule has 0 aliphatic carbocycles. The molecule has 1 heterocycles. The average Bonchev–Trinajstić information content (AvgIpc) is 2.63. The van der Waals surface area contributed by atoms with Crippen LogP contribution in [0.4, 0.5) is 10.7 Å². The smallest absolute Gasteiger partial charge is 0.183 e. The Hall–Kier alpha value is -1.52. The predicted octanol–water partition coefficient (Wildman–Crippen LogP) is 1.98. The molecule has 1 aromatic rings. The molecule has 7 heteroatoms. The van der Waals surface area contributed by atoms with E-state index in [1.807, 2.05) is 13.0 Å². The summed E-state index contributed by atoms with van der Waals surface area (Å²) in [5, 5.41) is 12.3. The predicted molar refractivity (Wildman–Crippen MR) is 74.5 cm³/mol. The number of anilines is 2. The summed E-state index contributed by atoms with van der Waals surface area (Å²) in [5.74, 6) is -0.0550. The van der Waals surface area contributed by atoms with Crippen LogP contribution in [-0.2, 0) is 9.84 Å². The van der Waals surface area contributed by atoms with Gasteiger partial charge in [0, 0.05) is 6.54 Å². The molecule has 0 saturated carbocycles. The molecule has 0 radical (unpaired) electrons. The molecule has 0 fully saturated rings. The zero-order valence-corrected chi connectivity index (χ0v) is 11.9. The van der Waals surface area contributed by atoms with Crippen molar-refractivity contribution in [3.05, 3.63) is 17.0 Å². The van der Waals surface area contributed by atoms with Crippen molar-refractivity contribution in [1.82, 2.24) is 0 Å². The van der Waals surface area contributed by atoms with Gasteiger partial charge in [-0.15, -0.1) is 11.3 Å². The first-order valence-electron chi connectivity index (χ1n) is 5.26. The molecule has 1 aromatic heterocycles. The highest BCUT2D eigenvalue weighted by atomic mass is 32.2. The van der Waals surface area contributed by atoms with Crippen molar-refractivity contribution in [2.45, 2.75) is 18.7 Å². The summed E-state index contributed by atoms with van der Waals surface area (Å²) < 4.78 is 23.9. The quantitative estimate of drug-likeness (QED) is 0.806. The lowest BCUT2D eigenvalue weighted by molar-refractivity contribution is 0.598. The summed E-state index contributed by atoms with van der Waals surface area (Å²) in [4.78, 5) is 0.249. The third-order valence-corrected chi connectivity index (χ3v) is 5.25. The Morgan fingerprint density at radius 2 is 2.22 bits per heavy atom. The van der Waals surface area contributed by atoms with Gasteiger partial charge in [-0.25, -0.2) is 8.42 Å². The van der Waals surface area contributed by atoms with Crippen LogP contribution in [0, 0.1) is 11.3 Å². The minimum absolute atomic E-state index is 0.0350. The molecule has 1 rings (SSSR count). The normalized spacial score (nSPS) is 10.9. The Morgan fingerprint density at radius 1 is 1.61 bits per heavy atom. The van der Waals surface area contributed by atoms with Gasteiger partial charge < -0.3 is 11.1 Å².